The monoisotopic (exact) mass is 186 g/mol. The first-order valence-corrected chi connectivity index (χ1v) is 4.17. The lowest BCUT2D eigenvalue weighted by molar-refractivity contribution is 0.0996. The van der Waals surface area contributed by atoms with Gasteiger partial charge in [-0.3, -0.25) is 4.79 Å². The van der Waals surface area contributed by atoms with Gasteiger partial charge in [0.2, 0.25) is 0 Å². The van der Waals surface area contributed by atoms with Gasteiger partial charge < -0.3 is 9.73 Å². The zero-order valence-corrected chi connectivity index (χ0v) is 7.36. The van der Waals surface area contributed by atoms with Crippen LogP contribution in [0.1, 0.15) is 10.6 Å². The van der Waals surface area contributed by atoms with Crippen molar-refractivity contribution in [1.29, 1.82) is 0 Å². The van der Waals surface area contributed by atoms with E-state index in [9.17, 15) is 4.79 Å². The van der Waals surface area contributed by atoms with E-state index in [2.05, 4.69) is 11.4 Å². The van der Waals surface area contributed by atoms with Crippen LogP contribution >= 0.6 is 0 Å². The van der Waals surface area contributed by atoms with Crippen molar-refractivity contribution in [3.05, 3.63) is 54.5 Å². The van der Waals surface area contributed by atoms with Crippen molar-refractivity contribution >= 4 is 11.6 Å². The molecule has 0 atom stereocenters. The summed E-state index contributed by atoms with van der Waals surface area (Å²) in [5.74, 6) is 0.0547. The maximum atomic E-state index is 11.5. The molecule has 14 heavy (non-hydrogen) atoms. The third kappa shape index (κ3) is 1.82. The van der Waals surface area contributed by atoms with Crippen LogP contribution in [-0.4, -0.2) is 5.91 Å². The first-order valence-electron chi connectivity index (χ1n) is 4.17. The van der Waals surface area contributed by atoms with E-state index in [1.54, 1.807) is 36.4 Å². The van der Waals surface area contributed by atoms with Crippen molar-refractivity contribution in [3.63, 3.8) is 0 Å². The third-order valence-corrected chi connectivity index (χ3v) is 1.72. The molecule has 0 aliphatic rings. The summed E-state index contributed by atoms with van der Waals surface area (Å²) in [6.45, 7) is 0. The average Bonchev–Trinajstić information content (AvgIpc) is 2.72. The molecule has 1 amide bonds. The second kappa shape index (κ2) is 3.79. The Morgan fingerprint density at radius 2 is 2.07 bits per heavy atom. The highest BCUT2D eigenvalue weighted by Crippen LogP contribution is 2.08. The topological polar surface area (TPSA) is 42.2 Å². The minimum Gasteiger partial charge on any atom is -0.459 e. The van der Waals surface area contributed by atoms with Crippen LogP contribution in [0.25, 0.3) is 0 Å². The van der Waals surface area contributed by atoms with E-state index < -0.39 is 0 Å². The molecule has 1 aromatic carbocycles. The van der Waals surface area contributed by atoms with Crippen LogP contribution in [0, 0.1) is 6.07 Å². The predicted molar refractivity (Wildman–Crippen MR) is 51.9 cm³/mol. The molecular weight excluding hydrogens is 178 g/mol. The average molecular weight is 186 g/mol. The molecule has 69 valence electrons. The second-order valence-corrected chi connectivity index (χ2v) is 2.72. The van der Waals surface area contributed by atoms with Crippen LogP contribution in [0.2, 0.25) is 0 Å². The molecular formula is C11H8NO2. The van der Waals surface area contributed by atoms with Crippen molar-refractivity contribution in [3.8, 4) is 0 Å². The van der Waals surface area contributed by atoms with Crippen LogP contribution in [0.15, 0.2) is 47.1 Å². The van der Waals surface area contributed by atoms with Gasteiger partial charge in [-0.15, -0.1) is 0 Å². The maximum Gasteiger partial charge on any atom is 0.291 e. The van der Waals surface area contributed by atoms with Crippen molar-refractivity contribution in [2.24, 2.45) is 0 Å². The zero-order chi connectivity index (χ0) is 9.80. The lowest BCUT2D eigenvalue weighted by Gasteiger charge is -2.01. The van der Waals surface area contributed by atoms with Gasteiger partial charge in [0.15, 0.2) is 5.76 Å². The van der Waals surface area contributed by atoms with Gasteiger partial charge in [-0.05, 0) is 30.3 Å². The van der Waals surface area contributed by atoms with Crippen LogP contribution in [-0.2, 0) is 0 Å². The van der Waals surface area contributed by atoms with Crippen molar-refractivity contribution in [2.75, 3.05) is 5.32 Å². The molecule has 3 heteroatoms. The number of rotatable bonds is 2. The molecule has 0 aliphatic heterocycles. The third-order valence-electron chi connectivity index (χ3n) is 1.72. The number of furan rings is 1. The van der Waals surface area contributed by atoms with E-state index in [1.165, 1.54) is 6.26 Å². The Hall–Kier alpha value is -2.03. The van der Waals surface area contributed by atoms with Crippen molar-refractivity contribution in [1.82, 2.24) is 0 Å². The van der Waals surface area contributed by atoms with Crippen LogP contribution in [0.4, 0.5) is 5.69 Å². The number of nitrogens with one attached hydrogen (secondary N) is 1. The van der Waals surface area contributed by atoms with Gasteiger partial charge in [-0.1, -0.05) is 12.1 Å². The second-order valence-electron chi connectivity index (χ2n) is 2.72. The molecule has 1 N–H and O–H groups in total. The Morgan fingerprint density at radius 3 is 2.71 bits per heavy atom. The molecule has 0 fully saturated rings. The lowest BCUT2D eigenvalue weighted by atomic mass is 10.3. The molecule has 2 aromatic rings. The molecule has 2 rings (SSSR count). The minimum absolute atomic E-state index is 0.249. The van der Waals surface area contributed by atoms with Gasteiger partial charge in [-0.2, -0.15) is 0 Å². The summed E-state index contributed by atoms with van der Waals surface area (Å²) in [5, 5.41) is 2.69. The Labute approximate surface area is 81.4 Å². The summed E-state index contributed by atoms with van der Waals surface area (Å²) >= 11 is 0. The molecule has 3 nitrogen and oxygen atoms in total. The number of amides is 1. The van der Waals surface area contributed by atoms with Gasteiger partial charge in [0.25, 0.3) is 5.91 Å². The molecule has 0 saturated heterocycles. The van der Waals surface area contributed by atoms with Gasteiger partial charge in [0.05, 0.1) is 6.26 Å². The fourth-order valence-electron chi connectivity index (χ4n) is 1.07. The fourth-order valence-corrected chi connectivity index (χ4v) is 1.07. The highest BCUT2D eigenvalue weighted by Gasteiger charge is 2.07. The summed E-state index contributed by atoms with van der Waals surface area (Å²) < 4.78 is 4.95. The highest BCUT2D eigenvalue weighted by atomic mass is 16.3. The highest BCUT2D eigenvalue weighted by molar-refractivity contribution is 6.02. The number of hydrogen-bond donors (Lipinski definition) is 1. The first kappa shape index (κ1) is 8.56. The minimum atomic E-state index is -0.249. The fraction of sp³-hybridized carbons (Fsp3) is 0. The maximum absolute atomic E-state index is 11.5. The molecule has 0 bridgehead atoms. The molecule has 0 aliphatic carbocycles. The Bertz CT molecular complexity index is 406. The summed E-state index contributed by atoms with van der Waals surface area (Å²) in [6, 6.07) is 13.2. The number of benzene rings is 1. The molecule has 0 unspecified atom stereocenters. The molecule has 0 spiro atoms. The number of anilines is 1. The standard InChI is InChI=1S/C11H8NO2/c13-11(10-7-4-8-14-10)12-9-5-2-1-3-6-9/h2-8H,(H,12,13). The van der Waals surface area contributed by atoms with Crippen LogP contribution in [0.5, 0.6) is 0 Å². The van der Waals surface area contributed by atoms with Crippen LogP contribution < -0.4 is 5.32 Å². The summed E-state index contributed by atoms with van der Waals surface area (Å²) in [6.07, 6.45) is 1.47. The quantitative estimate of drug-likeness (QED) is 0.782. The zero-order valence-electron chi connectivity index (χ0n) is 7.36. The largest absolute Gasteiger partial charge is 0.459 e. The van der Waals surface area contributed by atoms with E-state index in [1.807, 2.05) is 0 Å². The van der Waals surface area contributed by atoms with E-state index in [0.717, 1.165) is 5.69 Å². The van der Waals surface area contributed by atoms with Gasteiger partial charge in [0.1, 0.15) is 0 Å². The van der Waals surface area contributed by atoms with Gasteiger partial charge in [-0.25, -0.2) is 0 Å². The van der Waals surface area contributed by atoms with Gasteiger partial charge >= 0.3 is 0 Å². The van der Waals surface area contributed by atoms with Crippen molar-refractivity contribution in [2.45, 2.75) is 0 Å². The van der Waals surface area contributed by atoms with E-state index in [-0.39, 0.29) is 5.91 Å². The van der Waals surface area contributed by atoms with E-state index >= 15 is 0 Å². The van der Waals surface area contributed by atoms with Crippen LogP contribution in [0.3, 0.4) is 0 Å². The normalized spacial score (nSPS) is 9.71. The number of hydrogen-bond acceptors (Lipinski definition) is 2. The Balaban J connectivity index is 2.10. The predicted octanol–water partition coefficient (Wildman–Crippen LogP) is 2.33. The molecule has 1 heterocycles. The van der Waals surface area contributed by atoms with E-state index in [4.69, 9.17) is 4.42 Å². The Morgan fingerprint density at radius 1 is 1.29 bits per heavy atom. The smallest absolute Gasteiger partial charge is 0.291 e. The SMILES string of the molecule is O=C(Nc1cc[c]cc1)c1ccco1. The molecule has 1 aromatic heterocycles. The summed E-state index contributed by atoms with van der Waals surface area (Å²) in [7, 11) is 0. The number of carbonyl (C=O) groups is 1. The summed E-state index contributed by atoms with van der Waals surface area (Å²) in [5.41, 5.74) is 0.727. The molecule has 1 radical (unpaired) electrons. The Kier molecular flexibility index (Phi) is 2.32. The van der Waals surface area contributed by atoms with Crippen molar-refractivity contribution < 1.29 is 9.21 Å². The first-order chi connectivity index (χ1) is 6.86. The van der Waals surface area contributed by atoms with E-state index in [0.29, 0.717) is 5.76 Å². The lowest BCUT2D eigenvalue weighted by Crippen LogP contribution is -2.10. The molecule has 0 saturated carbocycles. The summed E-state index contributed by atoms with van der Waals surface area (Å²) in [4.78, 5) is 11.5. The van der Waals surface area contributed by atoms with Gasteiger partial charge in [0, 0.05) is 5.69 Å². The number of carbonyl (C=O) groups excluding carboxylic acids is 1.